The first-order chi connectivity index (χ1) is 29.2. The van der Waals surface area contributed by atoms with Gasteiger partial charge in [-0.3, -0.25) is 15.0 Å². The van der Waals surface area contributed by atoms with E-state index in [4.69, 9.17) is 19.4 Å². The molecule has 7 aromatic heterocycles. The van der Waals surface area contributed by atoms with Crippen LogP contribution in [0, 0.1) is 0 Å². The monoisotopic (exact) mass is 758 g/mol. The molecule has 0 spiro atoms. The zero-order chi connectivity index (χ0) is 38.8. The maximum atomic E-state index is 7.28. The van der Waals surface area contributed by atoms with E-state index in [2.05, 4.69) is 154 Å². The number of allylic oxidation sites excluding steroid dienone is 1. The minimum Gasteiger partial charge on any atom is -0.452 e. The number of rotatable bonds is 4. The highest BCUT2D eigenvalue weighted by atomic mass is 16.3. The molecule has 7 heteroatoms. The molecule has 59 heavy (non-hydrogen) atoms. The highest BCUT2D eigenvalue weighted by Gasteiger charge is 2.27. The Balaban J connectivity index is 1.13. The molecular formula is C52H34N6O. The van der Waals surface area contributed by atoms with Crippen LogP contribution >= 0.6 is 0 Å². The van der Waals surface area contributed by atoms with Gasteiger partial charge in [0.05, 0.1) is 61.2 Å². The number of furan rings is 1. The molecule has 1 aliphatic rings. The fraction of sp³-hybridized carbons (Fsp3) is 0.0577. The summed E-state index contributed by atoms with van der Waals surface area (Å²) in [4.78, 5) is 14.8. The van der Waals surface area contributed by atoms with Gasteiger partial charge in [0.25, 0.3) is 0 Å². The van der Waals surface area contributed by atoms with E-state index >= 15 is 0 Å². The molecule has 1 unspecified atom stereocenters. The van der Waals surface area contributed by atoms with Gasteiger partial charge in [-0.2, -0.15) is 0 Å². The molecule has 0 radical (unpaired) electrons. The number of pyridine rings is 3. The molecule has 13 rings (SSSR count). The molecule has 0 fully saturated rings. The Morgan fingerprint density at radius 3 is 1.97 bits per heavy atom. The molecule has 12 aromatic rings. The number of aromatic nitrogens is 6. The third kappa shape index (κ3) is 4.49. The van der Waals surface area contributed by atoms with Gasteiger partial charge in [0, 0.05) is 51.4 Å². The summed E-state index contributed by atoms with van der Waals surface area (Å²) in [7, 11) is 0. The van der Waals surface area contributed by atoms with Crippen molar-refractivity contribution in [1.82, 2.24) is 28.7 Å². The zero-order valence-corrected chi connectivity index (χ0v) is 32.0. The van der Waals surface area contributed by atoms with Crippen molar-refractivity contribution in [1.29, 1.82) is 0 Å². The second-order valence-electron chi connectivity index (χ2n) is 15.7. The number of nitrogens with zero attached hydrogens (tertiary/aromatic N) is 6. The van der Waals surface area contributed by atoms with Crippen molar-refractivity contribution in [2.24, 2.45) is 0 Å². The van der Waals surface area contributed by atoms with Gasteiger partial charge in [0.1, 0.15) is 0 Å². The van der Waals surface area contributed by atoms with Gasteiger partial charge in [-0.15, -0.1) is 0 Å². The van der Waals surface area contributed by atoms with E-state index < -0.39 is 0 Å². The third-order valence-electron chi connectivity index (χ3n) is 12.4. The molecule has 0 N–H and O–H groups in total. The standard InChI is InChI=1S/C52H34N6O/c1-31-12-7-18-41-47(31)50-44(22-11-27-55-50)58(41)45-19-8-16-35-37-29-33(32-23-24-40-38(28-32)49-42(20-9-26-54-49)56(40)34-13-3-2-4-14-34)30-46(52(37)59-51(35)45)57-39-17-6-5-15-36(39)48-43(57)21-10-25-53-48/h2-11,13-31H,12H2,1H3. The van der Waals surface area contributed by atoms with Gasteiger partial charge >= 0.3 is 0 Å². The normalized spacial score (nSPS) is 14.2. The molecule has 278 valence electrons. The Hall–Kier alpha value is -7.77. The number of hydrogen-bond donors (Lipinski definition) is 0. The minimum absolute atomic E-state index is 0.357. The third-order valence-corrected chi connectivity index (χ3v) is 12.4. The predicted octanol–water partition coefficient (Wildman–Crippen LogP) is 13.1. The van der Waals surface area contributed by atoms with Crippen LogP contribution < -0.4 is 0 Å². The highest BCUT2D eigenvalue weighted by molar-refractivity contribution is 6.15. The van der Waals surface area contributed by atoms with Gasteiger partial charge in [-0.1, -0.05) is 67.6 Å². The molecule has 7 nitrogen and oxygen atoms in total. The molecule has 1 atom stereocenters. The van der Waals surface area contributed by atoms with Crippen molar-refractivity contribution < 1.29 is 4.42 Å². The Labute approximate surface area is 337 Å². The van der Waals surface area contributed by atoms with Crippen LogP contribution in [0.3, 0.4) is 0 Å². The molecular weight excluding hydrogens is 725 g/mol. The Bertz CT molecular complexity index is 3680. The summed E-state index contributed by atoms with van der Waals surface area (Å²) in [6.45, 7) is 2.30. The lowest BCUT2D eigenvalue weighted by Gasteiger charge is -2.16. The summed E-state index contributed by atoms with van der Waals surface area (Å²) in [5, 5.41) is 4.29. The van der Waals surface area contributed by atoms with E-state index in [0.29, 0.717) is 5.92 Å². The topological polar surface area (TPSA) is 66.6 Å². The molecule has 0 saturated heterocycles. The largest absolute Gasteiger partial charge is 0.452 e. The molecule has 0 bridgehead atoms. The van der Waals surface area contributed by atoms with Gasteiger partial charge in [0.2, 0.25) is 0 Å². The van der Waals surface area contributed by atoms with E-state index in [1.165, 1.54) is 5.56 Å². The quantitative estimate of drug-likeness (QED) is 0.179. The molecule has 0 amide bonds. The van der Waals surface area contributed by atoms with Crippen molar-refractivity contribution >= 4 is 82.9 Å². The van der Waals surface area contributed by atoms with Crippen LogP contribution in [0.15, 0.2) is 169 Å². The molecule has 7 heterocycles. The lowest BCUT2D eigenvalue weighted by molar-refractivity contribution is 0.663. The fourth-order valence-electron chi connectivity index (χ4n) is 9.86. The Morgan fingerprint density at radius 1 is 0.492 bits per heavy atom. The fourth-order valence-corrected chi connectivity index (χ4v) is 9.86. The summed E-state index contributed by atoms with van der Waals surface area (Å²) >= 11 is 0. The van der Waals surface area contributed by atoms with Crippen LogP contribution in [0.25, 0.3) is 111 Å². The Morgan fingerprint density at radius 2 is 1.14 bits per heavy atom. The predicted molar refractivity (Wildman–Crippen MR) is 240 cm³/mol. The molecule has 0 saturated carbocycles. The smallest absolute Gasteiger partial charge is 0.159 e. The summed E-state index contributed by atoms with van der Waals surface area (Å²) in [6, 6.07) is 49.5. The molecule has 0 aliphatic heterocycles. The summed E-state index contributed by atoms with van der Waals surface area (Å²) in [5.41, 5.74) is 17.7. The Kier molecular flexibility index (Phi) is 6.64. The maximum absolute atomic E-state index is 7.28. The maximum Gasteiger partial charge on any atom is 0.159 e. The van der Waals surface area contributed by atoms with Crippen LogP contribution in [-0.2, 0) is 0 Å². The zero-order valence-electron chi connectivity index (χ0n) is 32.0. The first kappa shape index (κ1) is 32.3. The SMILES string of the molecule is CC1CC=Cc2c1c1ncccc1n2-c1cccc2c1oc1c(-n3c4ccccc4c4ncccc43)cc(-c3ccc4c(c3)c3ncccc3n4-c3ccccc3)cc12. The van der Waals surface area contributed by atoms with Crippen LogP contribution in [0.4, 0.5) is 0 Å². The van der Waals surface area contributed by atoms with Crippen molar-refractivity contribution in [3.05, 3.63) is 175 Å². The lowest BCUT2D eigenvalue weighted by atomic mass is 9.92. The number of benzene rings is 5. The van der Waals surface area contributed by atoms with E-state index in [1.807, 2.05) is 36.8 Å². The van der Waals surface area contributed by atoms with E-state index in [9.17, 15) is 0 Å². The van der Waals surface area contributed by atoms with Crippen LogP contribution in [0.5, 0.6) is 0 Å². The minimum atomic E-state index is 0.357. The summed E-state index contributed by atoms with van der Waals surface area (Å²) in [5.74, 6) is 0.357. The number of hydrogen-bond acceptors (Lipinski definition) is 4. The van der Waals surface area contributed by atoms with Crippen LogP contribution in [-0.4, -0.2) is 28.7 Å². The molecule has 5 aromatic carbocycles. The van der Waals surface area contributed by atoms with Crippen molar-refractivity contribution in [2.45, 2.75) is 19.3 Å². The summed E-state index contributed by atoms with van der Waals surface area (Å²) < 4.78 is 14.3. The van der Waals surface area contributed by atoms with E-state index in [-0.39, 0.29) is 0 Å². The lowest BCUT2D eigenvalue weighted by Crippen LogP contribution is -2.03. The van der Waals surface area contributed by atoms with Crippen LogP contribution in [0.2, 0.25) is 0 Å². The van der Waals surface area contributed by atoms with E-state index in [0.717, 1.165) is 117 Å². The second kappa shape index (κ2) is 12.1. The number of fused-ring (bicyclic) bond motifs is 12. The van der Waals surface area contributed by atoms with Crippen molar-refractivity contribution in [3.8, 4) is 28.2 Å². The van der Waals surface area contributed by atoms with Gasteiger partial charge in [-0.05, 0) is 114 Å². The van der Waals surface area contributed by atoms with Gasteiger partial charge < -0.3 is 18.1 Å². The van der Waals surface area contributed by atoms with Crippen LogP contribution in [0.1, 0.15) is 30.5 Å². The summed E-state index contributed by atoms with van der Waals surface area (Å²) in [6.07, 6.45) is 11.2. The van der Waals surface area contributed by atoms with Crippen molar-refractivity contribution in [3.63, 3.8) is 0 Å². The average molecular weight is 759 g/mol. The first-order valence-electron chi connectivity index (χ1n) is 20.2. The average Bonchev–Trinajstić information content (AvgIpc) is 4.03. The highest BCUT2D eigenvalue weighted by Crippen LogP contribution is 2.45. The number of para-hydroxylation sites is 3. The van der Waals surface area contributed by atoms with Crippen molar-refractivity contribution in [2.75, 3.05) is 0 Å². The first-order valence-corrected chi connectivity index (χ1v) is 20.2. The van der Waals surface area contributed by atoms with Gasteiger partial charge in [0.15, 0.2) is 11.2 Å². The van der Waals surface area contributed by atoms with Gasteiger partial charge in [-0.25, -0.2) is 0 Å². The van der Waals surface area contributed by atoms with E-state index in [1.54, 1.807) is 0 Å². The molecule has 1 aliphatic carbocycles. The second-order valence-corrected chi connectivity index (χ2v) is 15.7.